The molecule has 13 heteroatoms. The van der Waals surface area contributed by atoms with Gasteiger partial charge in [0.2, 0.25) is 29.5 Å². The molecule has 294 valence electrons. The van der Waals surface area contributed by atoms with Gasteiger partial charge in [-0.3, -0.25) is 34.2 Å². The third-order valence-electron chi connectivity index (χ3n) is 10.9. The fraction of sp³-hybridized carbons (Fsp3) is 0.718. The Balaban J connectivity index is 2.29. The first-order valence-corrected chi connectivity index (χ1v) is 18.7. The zero-order chi connectivity index (χ0) is 39.3. The van der Waals surface area contributed by atoms with Crippen molar-refractivity contribution >= 4 is 29.5 Å². The van der Waals surface area contributed by atoms with E-state index in [0.29, 0.717) is 19.4 Å². The van der Waals surface area contributed by atoms with Crippen molar-refractivity contribution in [3.8, 4) is 0 Å². The lowest BCUT2D eigenvalue weighted by atomic mass is 9.87. The normalized spacial score (nSPS) is 19.0. The summed E-state index contributed by atoms with van der Waals surface area (Å²) in [7, 11) is 8.18. The summed E-state index contributed by atoms with van der Waals surface area (Å²) in [4.78, 5) is 70.9. The number of likely N-dealkylation sites (N-methyl/N-ethyl adjacent to an activating group) is 3. The van der Waals surface area contributed by atoms with E-state index in [2.05, 4.69) is 35.1 Å². The van der Waals surface area contributed by atoms with E-state index in [4.69, 9.17) is 9.47 Å². The molecule has 4 N–H and O–H groups in total. The maximum atomic E-state index is 14.2. The first kappa shape index (κ1) is 44.8. The maximum absolute atomic E-state index is 14.2. The molecule has 1 saturated heterocycles. The van der Waals surface area contributed by atoms with E-state index < -0.39 is 47.6 Å². The van der Waals surface area contributed by atoms with Crippen molar-refractivity contribution in [2.45, 2.75) is 122 Å². The number of carbonyl (C=O) groups excluding carboxylic acids is 5. The third kappa shape index (κ3) is 11.6. The molecular weight excluding hydrogens is 664 g/mol. The molecule has 0 unspecified atom stereocenters. The molecule has 2 rings (SSSR count). The van der Waals surface area contributed by atoms with Crippen LogP contribution in [0.1, 0.15) is 79.7 Å². The molecule has 1 aliphatic rings. The van der Waals surface area contributed by atoms with Crippen LogP contribution >= 0.6 is 0 Å². The van der Waals surface area contributed by atoms with Crippen molar-refractivity contribution in [1.29, 1.82) is 0 Å². The second-order valence-corrected chi connectivity index (χ2v) is 15.1. The second-order valence-electron chi connectivity index (χ2n) is 15.1. The Morgan fingerprint density at radius 1 is 0.962 bits per heavy atom. The van der Waals surface area contributed by atoms with Gasteiger partial charge in [0.25, 0.3) is 0 Å². The molecule has 0 spiro atoms. The number of imide groups is 1. The molecule has 1 heterocycles. The van der Waals surface area contributed by atoms with Crippen LogP contribution in [-0.2, 0) is 39.9 Å². The quantitative estimate of drug-likeness (QED) is 0.158. The summed E-state index contributed by atoms with van der Waals surface area (Å²) in [6.07, 6.45) is 1.38. The first-order chi connectivity index (χ1) is 24.5. The molecule has 1 fully saturated rings. The van der Waals surface area contributed by atoms with Crippen molar-refractivity contribution < 1.29 is 33.4 Å². The summed E-state index contributed by atoms with van der Waals surface area (Å²) in [5.41, 5.74) is -0.0215. The van der Waals surface area contributed by atoms with Gasteiger partial charge in [-0.2, -0.15) is 0 Å². The number of carbonyl (C=O) groups is 5. The first-order valence-electron chi connectivity index (χ1n) is 18.7. The second kappa shape index (κ2) is 20.7. The predicted octanol–water partition coefficient (Wildman–Crippen LogP) is 2.52. The van der Waals surface area contributed by atoms with Crippen molar-refractivity contribution in [3.05, 3.63) is 35.9 Å². The minimum absolute atomic E-state index is 0.0372. The Morgan fingerprint density at radius 3 is 2.12 bits per heavy atom. The van der Waals surface area contributed by atoms with Crippen LogP contribution in [0, 0.1) is 17.8 Å². The number of nitrogens with one attached hydrogen (secondary N) is 4. The summed E-state index contributed by atoms with van der Waals surface area (Å²) in [6, 6.07) is 7.35. The van der Waals surface area contributed by atoms with Crippen LogP contribution in [0.5, 0.6) is 0 Å². The smallest absolute Gasteiger partial charge is 0.246 e. The maximum Gasteiger partial charge on any atom is 0.246 e. The summed E-state index contributed by atoms with van der Waals surface area (Å²) >= 11 is 0. The van der Waals surface area contributed by atoms with E-state index in [1.54, 1.807) is 46.9 Å². The number of hydrogen-bond donors (Lipinski definition) is 4. The summed E-state index contributed by atoms with van der Waals surface area (Å²) < 4.78 is 12.0. The Morgan fingerprint density at radius 2 is 1.60 bits per heavy atom. The minimum atomic E-state index is -0.939. The average molecular weight is 731 g/mol. The van der Waals surface area contributed by atoms with Crippen LogP contribution in [0.4, 0.5) is 0 Å². The highest BCUT2D eigenvalue weighted by Gasteiger charge is 2.44. The number of ether oxygens (including phenoxy) is 2. The minimum Gasteiger partial charge on any atom is -0.379 e. The van der Waals surface area contributed by atoms with E-state index in [-0.39, 0.29) is 48.1 Å². The Labute approximate surface area is 311 Å². The average Bonchev–Trinajstić information content (AvgIpc) is 3.60. The van der Waals surface area contributed by atoms with Crippen LogP contribution in [0.2, 0.25) is 0 Å². The fourth-order valence-corrected chi connectivity index (χ4v) is 7.33. The lowest BCUT2D eigenvalue weighted by Crippen LogP contribution is -2.61. The van der Waals surface area contributed by atoms with Crippen LogP contribution in [0.15, 0.2) is 30.3 Å². The highest BCUT2D eigenvalue weighted by Crippen LogP contribution is 2.30. The summed E-state index contributed by atoms with van der Waals surface area (Å²) in [5.74, 6) is -2.36. The molecule has 0 saturated carbocycles. The predicted molar refractivity (Wildman–Crippen MR) is 202 cm³/mol. The Bertz CT molecular complexity index is 1330. The third-order valence-corrected chi connectivity index (χ3v) is 10.9. The van der Waals surface area contributed by atoms with Gasteiger partial charge in [0.05, 0.1) is 42.2 Å². The van der Waals surface area contributed by atoms with Crippen LogP contribution in [0.3, 0.4) is 0 Å². The van der Waals surface area contributed by atoms with E-state index >= 15 is 0 Å². The van der Waals surface area contributed by atoms with E-state index in [1.165, 1.54) is 7.05 Å². The number of likely N-dealkylation sites (tertiary alicyclic amines) is 1. The van der Waals surface area contributed by atoms with Gasteiger partial charge in [-0.25, -0.2) is 0 Å². The molecule has 0 bridgehead atoms. The van der Waals surface area contributed by atoms with Crippen molar-refractivity contribution in [2.75, 3.05) is 41.9 Å². The molecule has 8 atom stereocenters. The topological polar surface area (TPSA) is 158 Å². The van der Waals surface area contributed by atoms with Gasteiger partial charge in [-0.1, -0.05) is 71.4 Å². The molecule has 5 amide bonds. The van der Waals surface area contributed by atoms with Crippen molar-refractivity contribution in [2.24, 2.45) is 17.8 Å². The van der Waals surface area contributed by atoms with E-state index in [0.717, 1.165) is 18.4 Å². The molecule has 0 radical (unpaired) electrons. The van der Waals surface area contributed by atoms with Crippen molar-refractivity contribution in [3.63, 3.8) is 0 Å². The highest BCUT2D eigenvalue weighted by molar-refractivity contribution is 6.01. The van der Waals surface area contributed by atoms with Crippen LogP contribution < -0.4 is 21.3 Å². The molecule has 0 aliphatic carbocycles. The number of methoxy groups -OCH3 is 2. The molecule has 13 nitrogen and oxygen atoms in total. The molecule has 0 aromatic heterocycles. The van der Waals surface area contributed by atoms with Crippen LogP contribution in [-0.4, -0.2) is 123 Å². The summed E-state index contributed by atoms with van der Waals surface area (Å²) in [5, 5.41) is 11.1. The Hall–Kier alpha value is -3.39. The summed E-state index contributed by atoms with van der Waals surface area (Å²) in [6.45, 7) is 13.7. The van der Waals surface area contributed by atoms with Gasteiger partial charge in [-0.15, -0.1) is 0 Å². The number of amides is 5. The number of hydrogen-bond acceptors (Lipinski definition) is 9. The van der Waals surface area contributed by atoms with Gasteiger partial charge in [0.1, 0.15) is 6.04 Å². The monoisotopic (exact) mass is 730 g/mol. The molecule has 1 aromatic rings. The highest BCUT2D eigenvalue weighted by atomic mass is 16.5. The van der Waals surface area contributed by atoms with Crippen LogP contribution in [0.25, 0.3) is 0 Å². The van der Waals surface area contributed by atoms with Gasteiger partial charge in [0.15, 0.2) is 0 Å². The van der Waals surface area contributed by atoms with E-state index in [1.807, 2.05) is 56.1 Å². The van der Waals surface area contributed by atoms with Crippen molar-refractivity contribution in [1.82, 2.24) is 31.1 Å². The molecule has 1 aliphatic heterocycles. The van der Waals surface area contributed by atoms with Gasteiger partial charge < -0.3 is 30.3 Å². The fourth-order valence-electron chi connectivity index (χ4n) is 7.33. The largest absolute Gasteiger partial charge is 0.379 e. The lowest BCUT2D eigenvalue weighted by molar-refractivity contribution is -0.144. The van der Waals surface area contributed by atoms with Gasteiger partial charge in [0, 0.05) is 40.3 Å². The molecule has 1 aromatic carbocycles. The van der Waals surface area contributed by atoms with Gasteiger partial charge >= 0.3 is 0 Å². The molecular formula is C39H66N6O7. The van der Waals surface area contributed by atoms with Gasteiger partial charge in [-0.05, 0) is 58.2 Å². The standard InChI is InChI=1S/C39H66N6O7/c1-13-25(4)33(44(10)32(24(2)3)37(49)43-38(50)39(6,7)41-9)30(51-11)23-31(46)45-21-17-20-29(45)34(52-12)26(5)35(47)42-28(36(48)40-8)22-27-18-15-14-16-19-27/h14-16,18-19,24-26,28-30,32-34,41H,13,17,20-23H2,1-12H3,(H,40,48)(H,42,47)(H,43,49,50)/t25-,26+,28-,29-,30+,32-,33-,34+/m0/s1. The number of benzene rings is 1. The molecule has 52 heavy (non-hydrogen) atoms. The lowest BCUT2D eigenvalue weighted by Gasteiger charge is -2.43. The zero-order valence-corrected chi connectivity index (χ0v) is 33.6. The number of rotatable bonds is 20. The Kier molecular flexibility index (Phi) is 17.9. The van der Waals surface area contributed by atoms with E-state index in [9.17, 15) is 24.0 Å². The zero-order valence-electron chi connectivity index (χ0n) is 33.6. The number of nitrogens with zero attached hydrogens (tertiary/aromatic N) is 2. The SMILES string of the molecule is CC[C@H](C)[C@@H]([C@@H](CC(=O)N1CCC[C@H]1[C@H](OC)[C@@H](C)C(=O)N[C@@H](Cc1ccccc1)C(=O)NC)OC)N(C)[C@H](C(=O)NC(=O)C(C)(C)NC)C(C)C.